The van der Waals surface area contributed by atoms with E-state index in [0.717, 1.165) is 25.5 Å². The van der Waals surface area contributed by atoms with Crippen molar-refractivity contribution in [2.45, 2.75) is 12.5 Å². The largest absolute Gasteiger partial charge is 0.376 e. The monoisotopic (exact) mass is 312 g/mol. The summed E-state index contributed by atoms with van der Waals surface area (Å²) in [7, 11) is -3.18. The quantitative estimate of drug-likeness (QED) is 0.833. The molecule has 1 N–H and O–H groups in total. The number of hydrogen-bond donors (Lipinski definition) is 1. The highest BCUT2D eigenvalue weighted by atomic mass is 32.2. The van der Waals surface area contributed by atoms with E-state index in [1.807, 2.05) is 0 Å². The van der Waals surface area contributed by atoms with E-state index in [1.54, 1.807) is 18.5 Å². The van der Waals surface area contributed by atoms with Gasteiger partial charge in [-0.1, -0.05) is 0 Å². The SMILES string of the molecule is CS(=O)(=O)NC[C@@H]1OC[C@H]2CCN(c3ncccn3)C[C@H]21. The van der Waals surface area contributed by atoms with Crippen molar-refractivity contribution in [1.82, 2.24) is 14.7 Å². The summed E-state index contributed by atoms with van der Waals surface area (Å²) in [5, 5.41) is 0. The first kappa shape index (κ1) is 14.7. The van der Waals surface area contributed by atoms with E-state index in [9.17, 15) is 8.42 Å². The summed E-state index contributed by atoms with van der Waals surface area (Å²) in [4.78, 5) is 10.7. The van der Waals surface area contributed by atoms with Gasteiger partial charge in [0.25, 0.3) is 0 Å². The van der Waals surface area contributed by atoms with Crippen LogP contribution in [0.15, 0.2) is 18.5 Å². The molecule has 1 aromatic heterocycles. The Kier molecular flexibility index (Phi) is 4.10. The smallest absolute Gasteiger partial charge is 0.225 e. The molecule has 0 radical (unpaired) electrons. The normalized spacial score (nSPS) is 29.4. The van der Waals surface area contributed by atoms with Gasteiger partial charge in [-0.05, 0) is 18.4 Å². The minimum absolute atomic E-state index is 0.0729. The number of rotatable bonds is 4. The standard InChI is InChI=1S/C13H20N4O3S/c1-21(18,19)16-7-12-11-8-17(6-3-10(11)9-20-12)13-14-4-2-5-15-13/h2,4-5,10-12,16H,3,6-9H2,1H3/t10-,11-,12+/m1/s1. The fourth-order valence-corrected chi connectivity index (χ4v) is 3.58. The molecule has 116 valence electrons. The van der Waals surface area contributed by atoms with Crippen molar-refractivity contribution in [2.75, 3.05) is 37.4 Å². The van der Waals surface area contributed by atoms with Gasteiger partial charge in [0.05, 0.1) is 19.0 Å². The van der Waals surface area contributed by atoms with Crippen LogP contribution >= 0.6 is 0 Å². The van der Waals surface area contributed by atoms with E-state index in [2.05, 4.69) is 19.6 Å². The van der Waals surface area contributed by atoms with Gasteiger partial charge in [-0.3, -0.25) is 0 Å². The molecule has 1 aromatic rings. The molecule has 0 aliphatic carbocycles. The molecule has 0 aromatic carbocycles. The third-order valence-corrected chi connectivity index (χ3v) is 4.88. The third kappa shape index (κ3) is 3.50. The van der Waals surface area contributed by atoms with Gasteiger partial charge in [-0.2, -0.15) is 0 Å². The summed E-state index contributed by atoms with van der Waals surface area (Å²) in [5.41, 5.74) is 0. The zero-order valence-electron chi connectivity index (χ0n) is 12.0. The number of sulfonamides is 1. The minimum Gasteiger partial charge on any atom is -0.376 e. The first-order valence-electron chi connectivity index (χ1n) is 7.11. The lowest BCUT2D eigenvalue weighted by molar-refractivity contribution is 0.0954. The lowest BCUT2D eigenvalue weighted by Gasteiger charge is -2.35. The minimum atomic E-state index is -3.18. The molecule has 3 rings (SSSR count). The van der Waals surface area contributed by atoms with E-state index in [1.165, 1.54) is 6.26 Å². The van der Waals surface area contributed by atoms with Gasteiger partial charge in [-0.25, -0.2) is 23.1 Å². The number of ether oxygens (including phenoxy) is 1. The molecule has 0 bridgehead atoms. The van der Waals surface area contributed by atoms with Gasteiger partial charge < -0.3 is 9.64 Å². The lowest BCUT2D eigenvalue weighted by atomic mass is 9.85. The van der Waals surface area contributed by atoms with Crippen LogP contribution < -0.4 is 9.62 Å². The Morgan fingerprint density at radius 3 is 2.90 bits per heavy atom. The van der Waals surface area contributed by atoms with Crippen molar-refractivity contribution in [3.8, 4) is 0 Å². The van der Waals surface area contributed by atoms with Crippen LogP contribution in [0.3, 0.4) is 0 Å². The summed E-state index contributed by atoms with van der Waals surface area (Å²) in [6, 6.07) is 1.80. The molecule has 2 fully saturated rings. The number of nitrogens with one attached hydrogen (secondary N) is 1. The summed E-state index contributed by atoms with van der Waals surface area (Å²) < 4.78 is 30.8. The van der Waals surface area contributed by atoms with Crippen LogP contribution in [0.5, 0.6) is 0 Å². The van der Waals surface area contributed by atoms with Crippen molar-refractivity contribution < 1.29 is 13.2 Å². The molecule has 3 heterocycles. The molecule has 0 spiro atoms. The molecule has 2 aliphatic heterocycles. The Morgan fingerprint density at radius 1 is 1.43 bits per heavy atom. The Hall–Kier alpha value is -1.25. The van der Waals surface area contributed by atoms with E-state index in [0.29, 0.717) is 25.0 Å². The summed E-state index contributed by atoms with van der Waals surface area (Å²) in [6.45, 7) is 2.78. The maximum absolute atomic E-state index is 11.2. The molecular weight excluding hydrogens is 292 g/mol. The van der Waals surface area contributed by atoms with Gasteiger partial charge in [0.2, 0.25) is 16.0 Å². The summed E-state index contributed by atoms with van der Waals surface area (Å²) in [5.74, 6) is 1.55. The second-order valence-electron chi connectivity index (χ2n) is 5.70. The number of hydrogen-bond acceptors (Lipinski definition) is 6. The van der Waals surface area contributed by atoms with E-state index < -0.39 is 10.0 Å². The Morgan fingerprint density at radius 2 is 2.19 bits per heavy atom. The Balaban J connectivity index is 1.66. The van der Waals surface area contributed by atoms with Crippen molar-refractivity contribution in [3.05, 3.63) is 18.5 Å². The van der Waals surface area contributed by atoms with Crippen molar-refractivity contribution in [1.29, 1.82) is 0 Å². The first-order chi connectivity index (χ1) is 10.0. The average molecular weight is 312 g/mol. The topological polar surface area (TPSA) is 84.4 Å². The zero-order valence-corrected chi connectivity index (χ0v) is 12.8. The zero-order chi connectivity index (χ0) is 14.9. The third-order valence-electron chi connectivity index (χ3n) is 4.19. The highest BCUT2D eigenvalue weighted by Gasteiger charge is 2.41. The van der Waals surface area contributed by atoms with E-state index >= 15 is 0 Å². The Labute approximate surface area is 124 Å². The molecule has 2 saturated heterocycles. The summed E-state index contributed by atoms with van der Waals surface area (Å²) >= 11 is 0. The second kappa shape index (κ2) is 5.86. The molecule has 0 saturated carbocycles. The van der Waals surface area contributed by atoms with Crippen LogP contribution in [0.4, 0.5) is 5.95 Å². The molecule has 2 aliphatic rings. The van der Waals surface area contributed by atoms with Gasteiger partial charge in [0.1, 0.15) is 0 Å². The maximum Gasteiger partial charge on any atom is 0.225 e. The Bertz CT molecular complexity index is 580. The lowest BCUT2D eigenvalue weighted by Crippen LogP contribution is -2.45. The van der Waals surface area contributed by atoms with Crippen LogP contribution in [0.25, 0.3) is 0 Å². The van der Waals surface area contributed by atoms with Crippen LogP contribution in [-0.4, -0.2) is 57.0 Å². The molecule has 7 nitrogen and oxygen atoms in total. The predicted molar refractivity (Wildman–Crippen MR) is 78.4 cm³/mol. The highest BCUT2D eigenvalue weighted by molar-refractivity contribution is 7.88. The van der Waals surface area contributed by atoms with Gasteiger partial charge in [0.15, 0.2) is 0 Å². The highest BCUT2D eigenvalue weighted by Crippen LogP contribution is 2.34. The molecule has 8 heteroatoms. The van der Waals surface area contributed by atoms with Crippen molar-refractivity contribution >= 4 is 16.0 Å². The molecular formula is C13H20N4O3S. The summed E-state index contributed by atoms with van der Waals surface area (Å²) in [6.07, 6.45) is 5.60. The molecule has 0 unspecified atom stereocenters. The molecule has 21 heavy (non-hydrogen) atoms. The van der Waals surface area contributed by atoms with Crippen molar-refractivity contribution in [3.63, 3.8) is 0 Å². The number of anilines is 1. The molecule has 3 atom stereocenters. The van der Waals surface area contributed by atoms with Gasteiger partial charge in [0, 0.05) is 37.9 Å². The van der Waals surface area contributed by atoms with Gasteiger partial charge in [-0.15, -0.1) is 0 Å². The van der Waals surface area contributed by atoms with Crippen molar-refractivity contribution in [2.24, 2.45) is 11.8 Å². The van der Waals surface area contributed by atoms with Gasteiger partial charge >= 0.3 is 0 Å². The van der Waals surface area contributed by atoms with Crippen LogP contribution in [0, 0.1) is 11.8 Å². The van der Waals surface area contributed by atoms with Crippen LogP contribution in [0.1, 0.15) is 6.42 Å². The fraction of sp³-hybridized carbons (Fsp3) is 0.692. The second-order valence-corrected chi connectivity index (χ2v) is 7.53. The fourth-order valence-electron chi connectivity index (χ4n) is 3.11. The maximum atomic E-state index is 11.2. The molecule has 0 amide bonds. The first-order valence-corrected chi connectivity index (χ1v) is 9.00. The number of nitrogens with zero attached hydrogens (tertiary/aromatic N) is 3. The number of aromatic nitrogens is 2. The van der Waals surface area contributed by atoms with E-state index in [4.69, 9.17) is 4.74 Å². The number of piperidine rings is 1. The van der Waals surface area contributed by atoms with E-state index in [-0.39, 0.29) is 6.10 Å². The number of fused-ring (bicyclic) bond motifs is 1. The van der Waals surface area contributed by atoms with Crippen LogP contribution in [0.2, 0.25) is 0 Å². The average Bonchev–Trinajstić information content (AvgIpc) is 2.87. The predicted octanol–water partition coefficient (Wildman–Crippen LogP) is -0.133. The van der Waals surface area contributed by atoms with Crippen LogP contribution in [-0.2, 0) is 14.8 Å².